The summed E-state index contributed by atoms with van der Waals surface area (Å²) in [5.74, 6) is 2.96. The summed E-state index contributed by atoms with van der Waals surface area (Å²) in [6, 6.07) is 0. The van der Waals surface area contributed by atoms with Crippen LogP contribution in [0.15, 0.2) is 0 Å². The fourth-order valence-corrected chi connectivity index (χ4v) is 3.11. The van der Waals surface area contributed by atoms with Gasteiger partial charge in [0.25, 0.3) is 0 Å². The van der Waals surface area contributed by atoms with Gasteiger partial charge in [0.15, 0.2) is 8.32 Å². The van der Waals surface area contributed by atoms with E-state index in [1.54, 1.807) is 0 Å². The largest absolute Gasteiger partial charge is 0.411 e. The second-order valence-corrected chi connectivity index (χ2v) is 17.1. The summed E-state index contributed by atoms with van der Waals surface area (Å²) >= 11 is 0. The molecule has 0 radical (unpaired) electrons. The van der Waals surface area contributed by atoms with E-state index in [-0.39, 0.29) is 11.1 Å². The van der Waals surface area contributed by atoms with E-state index in [0.29, 0.717) is 0 Å². The maximum absolute atomic E-state index is 10.1. The Morgan fingerprint density at radius 1 is 1.06 bits per heavy atom. The van der Waals surface area contributed by atoms with Crippen LogP contribution >= 0.6 is 0 Å². The summed E-state index contributed by atoms with van der Waals surface area (Å²) in [5.41, 5.74) is 3.20. The van der Waals surface area contributed by atoms with Crippen LogP contribution in [0.3, 0.4) is 0 Å². The van der Waals surface area contributed by atoms with Crippen molar-refractivity contribution in [1.29, 1.82) is 0 Å². The molecule has 0 heterocycles. The lowest BCUT2D eigenvalue weighted by molar-refractivity contribution is 0.0752. The maximum atomic E-state index is 10.1. The molecule has 0 amide bonds. The second-order valence-electron chi connectivity index (χ2n) is 7.55. The summed E-state index contributed by atoms with van der Waals surface area (Å²) in [7, 11) is -3.25. The van der Waals surface area contributed by atoms with E-state index in [1.165, 1.54) is 0 Å². The molecule has 0 aliphatic carbocycles. The van der Waals surface area contributed by atoms with Gasteiger partial charge in [-0.1, -0.05) is 46.3 Å². The first-order valence-electron chi connectivity index (χ1n) is 6.65. The predicted octanol–water partition coefficient (Wildman–Crippen LogP) is 3.64. The topological polar surface area (TPSA) is 29.5 Å². The lowest BCUT2D eigenvalue weighted by Gasteiger charge is -2.38. The number of hydrogen-bond acceptors (Lipinski definition) is 2. The standard InChI is InChI=1S/C14H30O2Si2/c1-12(13(15)10-11-17(5,6)7)16-18(8,9)14(2,3)4/h12-13,15H,1-9H3/t12-,13+/m0/s1. The lowest BCUT2D eigenvalue weighted by atomic mass is 10.2. The number of aliphatic hydroxyl groups is 1. The van der Waals surface area contributed by atoms with Crippen molar-refractivity contribution in [3.63, 3.8) is 0 Å². The average molecular weight is 287 g/mol. The Kier molecular flexibility index (Phi) is 5.89. The predicted molar refractivity (Wildman–Crippen MR) is 84.9 cm³/mol. The highest BCUT2D eigenvalue weighted by Crippen LogP contribution is 2.37. The van der Waals surface area contributed by atoms with Gasteiger partial charge in [-0.2, -0.15) is 0 Å². The summed E-state index contributed by atoms with van der Waals surface area (Å²) in [4.78, 5) is 0. The molecule has 1 N–H and O–H groups in total. The zero-order valence-electron chi connectivity index (χ0n) is 13.5. The third-order valence-corrected chi connectivity index (χ3v) is 8.79. The van der Waals surface area contributed by atoms with Gasteiger partial charge >= 0.3 is 0 Å². The highest BCUT2D eigenvalue weighted by Gasteiger charge is 2.39. The molecule has 0 aromatic rings. The SMILES string of the molecule is C[C@H](O[Si](C)(C)C(C)(C)C)[C@H](O)C#C[Si](C)(C)C. The Morgan fingerprint density at radius 3 is 1.83 bits per heavy atom. The van der Waals surface area contributed by atoms with E-state index in [2.05, 4.69) is 65.0 Å². The van der Waals surface area contributed by atoms with Gasteiger partial charge in [0.2, 0.25) is 0 Å². The number of hydrogen-bond donors (Lipinski definition) is 1. The van der Waals surface area contributed by atoms with E-state index in [9.17, 15) is 5.11 Å². The zero-order chi connectivity index (χ0) is 14.8. The molecule has 0 spiro atoms. The van der Waals surface area contributed by atoms with Crippen LogP contribution < -0.4 is 0 Å². The summed E-state index contributed by atoms with van der Waals surface area (Å²) < 4.78 is 6.13. The molecule has 4 heteroatoms. The van der Waals surface area contributed by atoms with Crippen molar-refractivity contribution >= 4 is 16.4 Å². The van der Waals surface area contributed by atoms with Crippen LogP contribution in [0.4, 0.5) is 0 Å². The van der Waals surface area contributed by atoms with Crippen LogP contribution in [-0.4, -0.2) is 33.7 Å². The molecule has 0 aliphatic heterocycles. The molecule has 2 nitrogen and oxygen atoms in total. The van der Waals surface area contributed by atoms with Gasteiger partial charge in [0.05, 0.1) is 6.10 Å². The van der Waals surface area contributed by atoms with Crippen molar-refractivity contribution < 1.29 is 9.53 Å². The van der Waals surface area contributed by atoms with Gasteiger partial charge in [0, 0.05) is 0 Å². The van der Waals surface area contributed by atoms with Crippen LogP contribution in [-0.2, 0) is 4.43 Å². The molecule has 0 unspecified atom stereocenters. The Morgan fingerprint density at radius 2 is 1.50 bits per heavy atom. The molecule has 106 valence electrons. The molecule has 0 bridgehead atoms. The van der Waals surface area contributed by atoms with Crippen molar-refractivity contribution in [1.82, 2.24) is 0 Å². The molecule has 0 rings (SSSR count). The first-order chi connectivity index (χ1) is 7.76. The fraction of sp³-hybridized carbons (Fsp3) is 0.857. The molecule has 2 atom stereocenters. The van der Waals surface area contributed by atoms with Crippen molar-refractivity contribution in [2.45, 2.75) is 77.7 Å². The minimum Gasteiger partial charge on any atom is -0.411 e. The quantitative estimate of drug-likeness (QED) is 0.634. The van der Waals surface area contributed by atoms with Crippen LogP contribution in [0.5, 0.6) is 0 Å². The normalized spacial score (nSPS) is 16.8. The Balaban J connectivity index is 4.68. The zero-order valence-corrected chi connectivity index (χ0v) is 15.5. The van der Waals surface area contributed by atoms with E-state index in [0.717, 1.165) is 0 Å². The minimum absolute atomic E-state index is 0.160. The third-order valence-electron chi connectivity index (χ3n) is 3.33. The van der Waals surface area contributed by atoms with Gasteiger partial charge in [-0.3, -0.25) is 0 Å². The average Bonchev–Trinajstić information content (AvgIpc) is 2.10. The molecule has 0 aliphatic rings. The number of aliphatic hydroxyl groups excluding tert-OH is 1. The smallest absolute Gasteiger partial charge is 0.192 e. The molecule has 0 saturated heterocycles. The van der Waals surface area contributed by atoms with Crippen LogP contribution in [0.2, 0.25) is 37.8 Å². The summed E-state index contributed by atoms with van der Waals surface area (Å²) in [6.07, 6.45) is -0.888. The van der Waals surface area contributed by atoms with Crippen LogP contribution in [0.25, 0.3) is 0 Å². The second kappa shape index (κ2) is 5.91. The molecule has 18 heavy (non-hydrogen) atoms. The van der Waals surface area contributed by atoms with E-state index < -0.39 is 22.5 Å². The highest BCUT2D eigenvalue weighted by molar-refractivity contribution is 6.83. The van der Waals surface area contributed by atoms with E-state index in [1.807, 2.05) is 6.92 Å². The van der Waals surface area contributed by atoms with E-state index in [4.69, 9.17) is 4.43 Å². The van der Waals surface area contributed by atoms with Gasteiger partial charge in [0.1, 0.15) is 14.2 Å². The van der Waals surface area contributed by atoms with Gasteiger partial charge in [-0.05, 0) is 25.1 Å². The highest BCUT2D eigenvalue weighted by atomic mass is 28.4. The van der Waals surface area contributed by atoms with Crippen LogP contribution in [0.1, 0.15) is 27.7 Å². The van der Waals surface area contributed by atoms with E-state index >= 15 is 0 Å². The summed E-state index contributed by atoms with van der Waals surface area (Å²) in [6.45, 7) is 19.4. The first-order valence-corrected chi connectivity index (χ1v) is 13.1. The van der Waals surface area contributed by atoms with Crippen LogP contribution in [0, 0.1) is 11.5 Å². The first kappa shape index (κ1) is 17.9. The Labute approximate surface area is 115 Å². The molecule has 0 saturated carbocycles. The van der Waals surface area contributed by atoms with Gasteiger partial charge in [-0.25, -0.2) is 0 Å². The molecule has 0 fully saturated rings. The molecular formula is C14H30O2Si2. The van der Waals surface area contributed by atoms with Gasteiger partial charge < -0.3 is 9.53 Å². The summed E-state index contributed by atoms with van der Waals surface area (Å²) in [5, 5.41) is 10.2. The monoisotopic (exact) mass is 286 g/mol. The van der Waals surface area contributed by atoms with Crippen molar-refractivity contribution in [3.8, 4) is 11.5 Å². The van der Waals surface area contributed by atoms with Crippen molar-refractivity contribution in [3.05, 3.63) is 0 Å². The molecule has 0 aromatic carbocycles. The Hall–Kier alpha value is -0.0862. The minimum atomic E-state index is -1.82. The third kappa shape index (κ3) is 6.19. The van der Waals surface area contributed by atoms with Crippen molar-refractivity contribution in [2.75, 3.05) is 0 Å². The van der Waals surface area contributed by atoms with Crippen molar-refractivity contribution in [2.24, 2.45) is 0 Å². The number of rotatable bonds is 3. The fourth-order valence-electron chi connectivity index (χ4n) is 1.11. The van der Waals surface area contributed by atoms with Gasteiger partial charge in [-0.15, -0.1) is 5.54 Å². The lowest BCUT2D eigenvalue weighted by Crippen LogP contribution is -2.46. The Bertz CT molecular complexity index is 326. The molecule has 0 aromatic heterocycles. The maximum Gasteiger partial charge on any atom is 0.192 e. The molecular weight excluding hydrogens is 256 g/mol.